The molecule has 0 N–H and O–H groups in total. The van der Waals surface area contributed by atoms with Crippen LogP contribution in [0.25, 0.3) is 10.9 Å². The van der Waals surface area contributed by atoms with Gasteiger partial charge in [0.1, 0.15) is 5.76 Å². The lowest BCUT2D eigenvalue weighted by Gasteiger charge is -2.14. The maximum absolute atomic E-state index is 13.3. The third-order valence-electron chi connectivity index (χ3n) is 5.21. The van der Waals surface area contributed by atoms with Crippen molar-refractivity contribution in [3.05, 3.63) is 90.9 Å². The monoisotopic (exact) mass is 468 g/mol. The maximum Gasteiger partial charge on any atom is 0.337 e. The Morgan fingerprint density at radius 2 is 1.91 bits per heavy atom. The fourth-order valence-corrected chi connectivity index (χ4v) is 4.33. The summed E-state index contributed by atoms with van der Waals surface area (Å²) >= 11 is 1.19. The number of esters is 1. The average Bonchev–Trinajstić information content (AvgIpc) is 3.33. The van der Waals surface area contributed by atoms with E-state index in [9.17, 15) is 19.2 Å². The summed E-state index contributed by atoms with van der Waals surface area (Å²) in [6, 6.07) is 9.39. The fraction of sp³-hybridized carbons (Fsp3) is 0.227. The van der Waals surface area contributed by atoms with Crippen LogP contribution in [0.4, 0.5) is 0 Å². The van der Waals surface area contributed by atoms with Crippen molar-refractivity contribution in [2.24, 2.45) is 14.1 Å². The smallest absolute Gasteiger partial charge is 0.337 e. The van der Waals surface area contributed by atoms with E-state index in [1.807, 2.05) is 0 Å². The third-order valence-corrected chi connectivity index (χ3v) is 6.22. The van der Waals surface area contributed by atoms with Gasteiger partial charge in [-0.2, -0.15) is 0 Å². The number of nitrogens with zero attached hydrogens (tertiary/aromatic N) is 4. The Hall–Kier alpha value is -3.86. The van der Waals surface area contributed by atoms with Gasteiger partial charge in [-0.3, -0.25) is 23.3 Å². The number of thioether (sulfide) groups is 1. The second-order valence-electron chi connectivity index (χ2n) is 7.25. The molecule has 0 atom stereocenters. The van der Waals surface area contributed by atoms with Crippen LogP contribution in [0.3, 0.4) is 0 Å². The van der Waals surface area contributed by atoms with Crippen LogP contribution in [0.15, 0.2) is 66.6 Å². The molecule has 1 aromatic carbocycles. The van der Waals surface area contributed by atoms with Gasteiger partial charge < -0.3 is 9.15 Å². The highest BCUT2D eigenvalue weighted by atomic mass is 32.2. The summed E-state index contributed by atoms with van der Waals surface area (Å²) in [5, 5.41) is 0.679. The SMILES string of the molecule is COC(=O)c1ccc2c(=O)n(Cc3ccco3)c(SCc3cc(=O)n(C)c(=O)n3C)nc2c1. The summed E-state index contributed by atoms with van der Waals surface area (Å²) < 4.78 is 14.0. The van der Waals surface area contributed by atoms with Crippen molar-refractivity contribution in [2.45, 2.75) is 17.5 Å². The molecule has 0 aliphatic rings. The van der Waals surface area contributed by atoms with Crippen LogP contribution in [0.1, 0.15) is 21.8 Å². The van der Waals surface area contributed by atoms with Crippen LogP contribution in [0, 0.1) is 0 Å². The third kappa shape index (κ3) is 4.27. The van der Waals surface area contributed by atoms with E-state index in [4.69, 9.17) is 9.15 Å². The van der Waals surface area contributed by atoms with Gasteiger partial charge in [0.15, 0.2) is 5.16 Å². The molecule has 10 nitrogen and oxygen atoms in total. The number of carbonyl (C=O) groups is 1. The van der Waals surface area contributed by atoms with Gasteiger partial charge >= 0.3 is 11.7 Å². The summed E-state index contributed by atoms with van der Waals surface area (Å²) in [5.41, 5.74) is -0.0934. The summed E-state index contributed by atoms with van der Waals surface area (Å²) in [4.78, 5) is 54.2. The van der Waals surface area contributed by atoms with Gasteiger partial charge in [-0.15, -0.1) is 0 Å². The van der Waals surface area contributed by atoms with E-state index in [0.717, 1.165) is 4.57 Å². The molecular weight excluding hydrogens is 448 g/mol. The first-order valence-electron chi connectivity index (χ1n) is 9.84. The van der Waals surface area contributed by atoms with Crippen LogP contribution in [-0.4, -0.2) is 31.8 Å². The van der Waals surface area contributed by atoms with E-state index in [-0.39, 0.29) is 23.4 Å². The molecular formula is C22H20N4O6S. The molecule has 0 saturated heterocycles. The highest BCUT2D eigenvalue weighted by Gasteiger charge is 2.16. The normalized spacial score (nSPS) is 11.1. The highest BCUT2D eigenvalue weighted by Crippen LogP contribution is 2.23. The number of rotatable bonds is 6. The quantitative estimate of drug-likeness (QED) is 0.237. The molecule has 0 saturated carbocycles. The summed E-state index contributed by atoms with van der Waals surface area (Å²) in [7, 11) is 4.26. The summed E-state index contributed by atoms with van der Waals surface area (Å²) in [5.74, 6) is 0.240. The number of benzene rings is 1. The zero-order valence-corrected chi connectivity index (χ0v) is 18.9. The van der Waals surface area contributed by atoms with Crippen molar-refractivity contribution < 1.29 is 13.9 Å². The molecule has 0 bridgehead atoms. The van der Waals surface area contributed by atoms with Crippen molar-refractivity contribution in [2.75, 3.05) is 7.11 Å². The fourth-order valence-electron chi connectivity index (χ4n) is 3.31. The molecule has 3 heterocycles. The maximum atomic E-state index is 13.3. The van der Waals surface area contributed by atoms with E-state index in [1.54, 1.807) is 19.2 Å². The molecule has 3 aromatic heterocycles. The minimum Gasteiger partial charge on any atom is -0.467 e. The standard InChI is InChI=1S/C22H20N4O6S/c1-24-14(10-18(27)25(2)22(24)30)12-33-21-23-17-9-13(20(29)31-3)6-7-16(17)19(28)26(21)11-15-5-4-8-32-15/h4-10H,11-12H2,1-3H3. The summed E-state index contributed by atoms with van der Waals surface area (Å²) in [6.45, 7) is 0.144. The van der Waals surface area contributed by atoms with Crippen LogP contribution >= 0.6 is 11.8 Å². The minimum atomic E-state index is -0.539. The molecule has 0 aliphatic carbocycles. The van der Waals surface area contributed by atoms with E-state index in [1.165, 1.54) is 65.6 Å². The molecule has 170 valence electrons. The van der Waals surface area contributed by atoms with Crippen LogP contribution in [0.2, 0.25) is 0 Å². The predicted octanol–water partition coefficient (Wildman–Crippen LogP) is 1.51. The Kier molecular flexibility index (Phi) is 6.05. The zero-order chi connectivity index (χ0) is 23.7. The molecule has 0 unspecified atom stereocenters. The first-order valence-corrected chi connectivity index (χ1v) is 10.8. The summed E-state index contributed by atoms with van der Waals surface area (Å²) in [6.07, 6.45) is 1.51. The number of hydrogen-bond donors (Lipinski definition) is 0. The Bertz CT molecular complexity index is 1530. The lowest BCUT2D eigenvalue weighted by molar-refractivity contribution is 0.0601. The molecule has 0 spiro atoms. The number of ether oxygens (including phenoxy) is 1. The molecule has 11 heteroatoms. The molecule has 0 fully saturated rings. The lowest BCUT2D eigenvalue weighted by atomic mass is 10.1. The van der Waals surface area contributed by atoms with Gasteiger partial charge in [0, 0.05) is 31.6 Å². The van der Waals surface area contributed by atoms with Gasteiger partial charge in [0.2, 0.25) is 0 Å². The van der Waals surface area contributed by atoms with Crippen molar-refractivity contribution in [3.63, 3.8) is 0 Å². The second kappa shape index (κ2) is 8.94. The van der Waals surface area contributed by atoms with Crippen molar-refractivity contribution in [3.8, 4) is 0 Å². The van der Waals surface area contributed by atoms with Gasteiger partial charge in [0.05, 0.1) is 36.4 Å². The number of fused-ring (bicyclic) bond motifs is 1. The second-order valence-corrected chi connectivity index (χ2v) is 8.19. The van der Waals surface area contributed by atoms with Crippen LogP contribution in [0.5, 0.6) is 0 Å². The number of hydrogen-bond acceptors (Lipinski definition) is 8. The topological polar surface area (TPSA) is 118 Å². The number of furan rings is 1. The molecule has 4 aromatic rings. The van der Waals surface area contributed by atoms with E-state index in [2.05, 4.69) is 4.98 Å². The van der Waals surface area contributed by atoms with Crippen molar-refractivity contribution in [1.82, 2.24) is 18.7 Å². The van der Waals surface area contributed by atoms with Gasteiger partial charge in [0.25, 0.3) is 11.1 Å². The Morgan fingerprint density at radius 1 is 1.12 bits per heavy atom. The molecule has 0 aliphatic heterocycles. The van der Waals surface area contributed by atoms with E-state index < -0.39 is 17.2 Å². The Labute approximate surface area is 191 Å². The number of carbonyl (C=O) groups excluding carboxylic acids is 1. The Morgan fingerprint density at radius 3 is 2.61 bits per heavy atom. The van der Waals surface area contributed by atoms with Crippen LogP contribution in [-0.2, 0) is 31.1 Å². The molecule has 33 heavy (non-hydrogen) atoms. The predicted molar refractivity (Wildman–Crippen MR) is 122 cm³/mol. The number of aromatic nitrogens is 4. The van der Waals surface area contributed by atoms with Gasteiger partial charge in [-0.05, 0) is 30.3 Å². The Balaban J connectivity index is 1.82. The first kappa shape index (κ1) is 22.3. The molecule has 0 amide bonds. The largest absolute Gasteiger partial charge is 0.467 e. The molecule has 0 radical (unpaired) electrons. The van der Waals surface area contributed by atoms with Crippen molar-refractivity contribution in [1.29, 1.82) is 0 Å². The van der Waals surface area contributed by atoms with Gasteiger partial charge in [-0.1, -0.05) is 11.8 Å². The average molecular weight is 468 g/mol. The van der Waals surface area contributed by atoms with Crippen LogP contribution < -0.4 is 16.8 Å². The first-order chi connectivity index (χ1) is 15.8. The van der Waals surface area contributed by atoms with Gasteiger partial charge in [-0.25, -0.2) is 14.6 Å². The number of methoxy groups -OCH3 is 1. The van der Waals surface area contributed by atoms with Crippen molar-refractivity contribution >= 4 is 28.6 Å². The zero-order valence-electron chi connectivity index (χ0n) is 18.1. The van der Waals surface area contributed by atoms with E-state index in [0.29, 0.717) is 27.5 Å². The lowest BCUT2D eigenvalue weighted by Crippen LogP contribution is -2.37. The van der Waals surface area contributed by atoms with E-state index >= 15 is 0 Å². The minimum absolute atomic E-state index is 0.144. The highest BCUT2D eigenvalue weighted by molar-refractivity contribution is 7.98. The molecule has 4 rings (SSSR count).